The molecule has 0 spiro atoms. The highest BCUT2D eigenvalue weighted by Gasteiger charge is 2.49. The molecule has 0 aromatic rings. The van der Waals surface area contributed by atoms with Crippen LogP contribution >= 0.6 is 0 Å². The van der Waals surface area contributed by atoms with Crippen LogP contribution in [0.5, 0.6) is 0 Å². The molecule has 0 N–H and O–H groups in total. The molecule has 76 valence electrons. The van der Waals surface area contributed by atoms with Gasteiger partial charge in [-0.25, -0.2) is 0 Å². The van der Waals surface area contributed by atoms with Gasteiger partial charge in [0.1, 0.15) is 6.29 Å². The molecule has 14 heavy (non-hydrogen) atoms. The molecule has 2 bridgehead atoms. The highest BCUT2D eigenvalue weighted by atomic mass is 16.1. The van der Waals surface area contributed by atoms with Crippen molar-refractivity contribution in [3.8, 4) is 0 Å². The Balaban J connectivity index is 1.74. The third-order valence-electron chi connectivity index (χ3n) is 4.72. The van der Waals surface area contributed by atoms with E-state index in [2.05, 4.69) is 6.08 Å². The van der Waals surface area contributed by atoms with Crippen LogP contribution < -0.4 is 0 Å². The highest BCUT2D eigenvalue weighted by Crippen LogP contribution is 2.59. The zero-order chi connectivity index (χ0) is 9.54. The summed E-state index contributed by atoms with van der Waals surface area (Å²) in [5.74, 6) is 3.91. The molecule has 0 aromatic carbocycles. The Morgan fingerprint density at radius 3 is 3.07 bits per heavy atom. The van der Waals surface area contributed by atoms with Gasteiger partial charge in [-0.3, -0.25) is 0 Å². The van der Waals surface area contributed by atoms with Crippen LogP contribution in [0.15, 0.2) is 11.6 Å². The summed E-state index contributed by atoms with van der Waals surface area (Å²) in [7, 11) is 0. The van der Waals surface area contributed by atoms with Crippen molar-refractivity contribution < 1.29 is 4.79 Å². The van der Waals surface area contributed by atoms with Crippen molar-refractivity contribution in [3.05, 3.63) is 11.6 Å². The molecule has 2 unspecified atom stereocenters. The SMILES string of the molecule is O=CCCC1=CC[C@H]2C3CCC(C3)[C@@H]12. The van der Waals surface area contributed by atoms with Gasteiger partial charge in [0, 0.05) is 6.42 Å². The molecule has 2 saturated carbocycles. The summed E-state index contributed by atoms with van der Waals surface area (Å²) >= 11 is 0. The molecule has 0 aromatic heterocycles. The van der Waals surface area contributed by atoms with Gasteiger partial charge < -0.3 is 4.79 Å². The van der Waals surface area contributed by atoms with Gasteiger partial charge in [0.05, 0.1) is 0 Å². The first-order valence-corrected chi connectivity index (χ1v) is 6.02. The van der Waals surface area contributed by atoms with Gasteiger partial charge in [-0.15, -0.1) is 0 Å². The van der Waals surface area contributed by atoms with E-state index in [0.717, 1.165) is 42.8 Å². The summed E-state index contributed by atoms with van der Waals surface area (Å²) in [6, 6.07) is 0. The standard InChI is InChI=1S/C13H18O/c14-7-1-2-9-5-6-12-10-3-4-11(8-10)13(9)12/h5,7,10-13H,1-4,6,8H2/t10?,11?,12-,13+/m0/s1. The smallest absolute Gasteiger partial charge is 0.120 e. The number of carbonyl (C=O) groups is 1. The zero-order valence-corrected chi connectivity index (χ0v) is 8.61. The van der Waals surface area contributed by atoms with Crippen molar-refractivity contribution in [2.24, 2.45) is 23.7 Å². The minimum atomic E-state index is 0.742. The molecule has 3 aliphatic carbocycles. The highest BCUT2D eigenvalue weighted by molar-refractivity contribution is 5.50. The first-order valence-electron chi connectivity index (χ1n) is 6.02. The van der Waals surface area contributed by atoms with E-state index in [1.54, 1.807) is 5.57 Å². The maximum atomic E-state index is 10.4. The molecular formula is C13H18O. The first kappa shape index (κ1) is 8.70. The number of aldehydes is 1. The van der Waals surface area contributed by atoms with Crippen molar-refractivity contribution in [2.45, 2.75) is 38.5 Å². The lowest BCUT2D eigenvalue weighted by Crippen LogP contribution is -2.19. The monoisotopic (exact) mass is 190 g/mol. The molecule has 0 saturated heterocycles. The third kappa shape index (κ3) is 1.11. The van der Waals surface area contributed by atoms with Crippen molar-refractivity contribution in [1.82, 2.24) is 0 Å². The number of allylic oxidation sites excluding steroid dienone is 2. The van der Waals surface area contributed by atoms with Crippen molar-refractivity contribution in [2.75, 3.05) is 0 Å². The van der Waals surface area contributed by atoms with Crippen LogP contribution in [0.2, 0.25) is 0 Å². The predicted molar refractivity (Wildman–Crippen MR) is 55.8 cm³/mol. The van der Waals surface area contributed by atoms with E-state index in [1.165, 1.54) is 25.7 Å². The van der Waals surface area contributed by atoms with Crippen LogP contribution in [-0.2, 0) is 4.79 Å². The van der Waals surface area contributed by atoms with E-state index in [4.69, 9.17) is 0 Å². The van der Waals surface area contributed by atoms with Crippen molar-refractivity contribution in [3.63, 3.8) is 0 Å². The summed E-state index contributed by atoms with van der Waals surface area (Å²) < 4.78 is 0. The van der Waals surface area contributed by atoms with Crippen LogP contribution in [0.1, 0.15) is 38.5 Å². The molecule has 3 rings (SSSR count). The van der Waals surface area contributed by atoms with Gasteiger partial charge in [-0.1, -0.05) is 11.6 Å². The van der Waals surface area contributed by atoms with Crippen molar-refractivity contribution >= 4 is 6.29 Å². The van der Waals surface area contributed by atoms with Crippen LogP contribution in [0.25, 0.3) is 0 Å². The minimum Gasteiger partial charge on any atom is -0.303 e. The van der Waals surface area contributed by atoms with Crippen molar-refractivity contribution in [1.29, 1.82) is 0 Å². The van der Waals surface area contributed by atoms with E-state index in [9.17, 15) is 4.79 Å². The predicted octanol–water partition coefficient (Wildman–Crippen LogP) is 2.96. The fraction of sp³-hybridized carbons (Fsp3) is 0.769. The van der Waals surface area contributed by atoms with Gasteiger partial charge >= 0.3 is 0 Å². The summed E-state index contributed by atoms with van der Waals surface area (Å²) in [6.07, 6.45) is 11.1. The second-order valence-electron chi connectivity index (χ2n) is 5.24. The van der Waals surface area contributed by atoms with Gasteiger partial charge in [-0.05, 0) is 55.8 Å². The topological polar surface area (TPSA) is 17.1 Å². The molecule has 0 radical (unpaired) electrons. The number of hydrogen-bond acceptors (Lipinski definition) is 1. The Morgan fingerprint density at radius 2 is 2.21 bits per heavy atom. The number of fused-ring (bicyclic) bond motifs is 5. The van der Waals surface area contributed by atoms with E-state index in [-0.39, 0.29) is 0 Å². The Hall–Kier alpha value is -0.590. The summed E-state index contributed by atoms with van der Waals surface area (Å²) in [4.78, 5) is 10.4. The van der Waals surface area contributed by atoms with Crippen LogP contribution in [0.3, 0.4) is 0 Å². The average molecular weight is 190 g/mol. The van der Waals surface area contributed by atoms with Crippen LogP contribution in [0.4, 0.5) is 0 Å². The Kier molecular flexibility index (Phi) is 2.00. The van der Waals surface area contributed by atoms with Gasteiger partial charge in [-0.2, -0.15) is 0 Å². The molecule has 4 atom stereocenters. The third-order valence-corrected chi connectivity index (χ3v) is 4.72. The summed E-state index contributed by atoms with van der Waals surface area (Å²) in [6.45, 7) is 0. The fourth-order valence-electron chi connectivity index (χ4n) is 4.25. The normalized spacial score (nSPS) is 43.9. The quantitative estimate of drug-likeness (QED) is 0.494. The molecule has 3 aliphatic rings. The number of hydrogen-bond donors (Lipinski definition) is 0. The van der Waals surface area contributed by atoms with Gasteiger partial charge in [0.15, 0.2) is 0 Å². The Bertz CT molecular complexity index is 279. The summed E-state index contributed by atoms with van der Waals surface area (Å²) in [5.41, 5.74) is 1.63. The molecule has 0 heterocycles. The number of rotatable bonds is 3. The maximum absolute atomic E-state index is 10.4. The minimum absolute atomic E-state index is 0.742. The Morgan fingerprint density at radius 1 is 1.36 bits per heavy atom. The van der Waals surface area contributed by atoms with E-state index in [1.807, 2.05) is 0 Å². The van der Waals surface area contributed by atoms with E-state index in [0.29, 0.717) is 0 Å². The van der Waals surface area contributed by atoms with Crippen LogP contribution in [0, 0.1) is 23.7 Å². The largest absolute Gasteiger partial charge is 0.303 e. The lowest BCUT2D eigenvalue weighted by molar-refractivity contribution is -0.107. The second-order valence-corrected chi connectivity index (χ2v) is 5.24. The molecular weight excluding hydrogens is 172 g/mol. The molecule has 2 fully saturated rings. The maximum Gasteiger partial charge on any atom is 0.120 e. The Labute approximate surface area is 85.6 Å². The zero-order valence-electron chi connectivity index (χ0n) is 8.61. The second kappa shape index (κ2) is 3.22. The molecule has 1 heteroatoms. The lowest BCUT2D eigenvalue weighted by Gasteiger charge is -2.27. The fourth-order valence-corrected chi connectivity index (χ4v) is 4.25. The van der Waals surface area contributed by atoms with E-state index >= 15 is 0 Å². The first-order chi connectivity index (χ1) is 6.90. The lowest BCUT2D eigenvalue weighted by atomic mass is 9.78. The molecule has 0 aliphatic heterocycles. The number of carbonyl (C=O) groups excluding carboxylic acids is 1. The van der Waals surface area contributed by atoms with Crippen LogP contribution in [-0.4, -0.2) is 6.29 Å². The average Bonchev–Trinajstić information content (AvgIpc) is 2.87. The molecule has 1 nitrogen and oxygen atoms in total. The van der Waals surface area contributed by atoms with Gasteiger partial charge in [0.25, 0.3) is 0 Å². The van der Waals surface area contributed by atoms with Gasteiger partial charge in [0.2, 0.25) is 0 Å². The van der Waals surface area contributed by atoms with E-state index < -0.39 is 0 Å². The molecule has 0 amide bonds. The summed E-state index contributed by atoms with van der Waals surface area (Å²) in [5, 5.41) is 0.